The monoisotopic (exact) mass is 266 g/mol. The fourth-order valence-electron chi connectivity index (χ4n) is 0.439. The molecule has 0 heterocycles. The Morgan fingerprint density at radius 2 is 0.900 bits per heavy atom. The van der Waals surface area contributed by atoms with Crippen molar-refractivity contribution < 1.29 is 0 Å². The van der Waals surface area contributed by atoms with Crippen LogP contribution in [0.1, 0.15) is 27.7 Å². The van der Waals surface area contributed by atoms with Crippen molar-refractivity contribution in [2.45, 2.75) is 27.7 Å². The molecule has 0 fully saturated rings. The number of hydrogen-bond acceptors (Lipinski definition) is 0. The minimum absolute atomic E-state index is 1.16. The van der Waals surface area contributed by atoms with Crippen molar-refractivity contribution in [2.75, 3.05) is 0 Å². The first-order valence-corrected chi connectivity index (χ1v) is 4.71. The molecule has 0 bridgehead atoms. The Kier molecular flexibility index (Phi) is 4.54. The first-order chi connectivity index (χ1) is 4.46. The van der Waals surface area contributed by atoms with Crippen LogP contribution in [0.3, 0.4) is 0 Å². The van der Waals surface area contributed by atoms with E-state index >= 15 is 0 Å². The Morgan fingerprint density at radius 3 is 1.00 bits per heavy atom. The largest absolute Gasteiger partial charge is 0.0611 e. The highest BCUT2D eigenvalue weighted by atomic mass is 79.9. The van der Waals surface area contributed by atoms with E-state index < -0.39 is 0 Å². The van der Waals surface area contributed by atoms with Crippen molar-refractivity contribution in [1.29, 1.82) is 0 Å². The van der Waals surface area contributed by atoms with Crippen LogP contribution in [0.4, 0.5) is 0 Å². The highest BCUT2D eigenvalue weighted by molar-refractivity contribution is 9.15. The van der Waals surface area contributed by atoms with E-state index in [-0.39, 0.29) is 0 Å². The summed E-state index contributed by atoms with van der Waals surface area (Å²) in [6.45, 7) is 8.31. The van der Waals surface area contributed by atoms with Gasteiger partial charge in [0.05, 0.1) is 0 Å². The van der Waals surface area contributed by atoms with Gasteiger partial charge < -0.3 is 0 Å². The second kappa shape index (κ2) is 4.35. The molecule has 2 heteroatoms. The lowest BCUT2D eigenvalue weighted by Gasteiger charge is -2.01. The maximum absolute atomic E-state index is 3.48. The van der Waals surface area contributed by atoms with Crippen LogP contribution in [-0.2, 0) is 0 Å². The van der Waals surface area contributed by atoms with E-state index in [4.69, 9.17) is 0 Å². The molecule has 0 atom stereocenters. The van der Waals surface area contributed by atoms with Gasteiger partial charge in [-0.25, -0.2) is 0 Å². The van der Waals surface area contributed by atoms with Crippen molar-refractivity contribution >= 4 is 31.9 Å². The number of allylic oxidation sites excluding steroid dienone is 4. The maximum Gasteiger partial charge on any atom is 0.0303 e. The van der Waals surface area contributed by atoms with Gasteiger partial charge in [-0.3, -0.25) is 0 Å². The molecule has 0 saturated carbocycles. The molecule has 0 aromatic rings. The fraction of sp³-hybridized carbons (Fsp3) is 0.500. The van der Waals surface area contributed by atoms with E-state index in [1.807, 2.05) is 0 Å². The van der Waals surface area contributed by atoms with Crippen LogP contribution in [0, 0.1) is 0 Å². The third kappa shape index (κ3) is 3.02. The van der Waals surface area contributed by atoms with Gasteiger partial charge in [-0.1, -0.05) is 11.1 Å². The van der Waals surface area contributed by atoms with Gasteiger partial charge in [-0.2, -0.15) is 0 Å². The summed E-state index contributed by atoms with van der Waals surface area (Å²) in [6.07, 6.45) is 0. The quantitative estimate of drug-likeness (QED) is 0.619. The smallest absolute Gasteiger partial charge is 0.0303 e. The average molecular weight is 268 g/mol. The zero-order valence-corrected chi connectivity index (χ0v) is 9.93. The molecule has 0 aliphatic heterocycles. The first-order valence-electron chi connectivity index (χ1n) is 3.13. The average Bonchev–Trinajstić information content (AvgIpc) is 1.84. The van der Waals surface area contributed by atoms with E-state index in [9.17, 15) is 0 Å². The molecule has 0 aliphatic carbocycles. The van der Waals surface area contributed by atoms with Crippen molar-refractivity contribution in [1.82, 2.24) is 0 Å². The van der Waals surface area contributed by atoms with Crippen LogP contribution < -0.4 is 0 Å². The SMILES string of the molecule is CC(C)=C(Br)C(Br)=C(C)C. The van der Waals surface area contributed by atoms with Gasteiger partial charge in [-0.15, -0.1) is 0 Å². The Balaban J connectivity index is 4.71. The van der Waals surface area contributed by atoms with Gasteiger partial charge in [-0.05, 0) is 59.6 Å². The highest BCUT2D eigenvalue weighted by Gasteiger charge is 1.99. The zero-order chi connectivity index (χ0) is 8.31. The first kappa shape index (κ1) is 10.4. The summed E-state index contributed by atoms with van der Waals surface area (Å²) in [4.78, 5) is 0. The van der Waals surface area contributed by atoms with Crippen molar-refractivity contribution in [3.63, 3.8) is 0 Å². The third-order valence-electron chi connectivity index (χ3n) is 1.07. The van der Waals surface area contributed by atoms with Gasteiger partial charge in [0.1, 0.15) is 0 Å². The summed E-state index contributed by atoms with van der Waals surface area (Å²) in [5.41, 5.74) is 2.57. The van der Waals surface area contributed by atoms with Crippen LogP contribution in [-0.4, -0.2) is 0 Å². The number of hydrogen-bond donors (Lipinski definition) is 0. The van der Waals surface area contributed by atoms with Crippen molar-refractivity contribution in [2.24, 2.45) is 0 Å². The minimum Gasteiger partial charge on any atom is -0.0611 e. The summed E-state index contributed by atoms with van der Waals surface area (Å²) >= 11 is 6.97. The Morgan fingerprint density at radius 1 is 0.700 bits per heavy atom. The molecule has 0 N–H and O–H groups in total. The predicted octanol–water partition coefficient (Wildman–Crippen LogP) is 4.36. The molecular weight excluding hydrogens is 256 g/mol. The number of halogens is 2. The van der Waals surface area contributed by atoms with E-state index in [0.29, 0.717) is 0 Å². The fourth-order valence-corrected chi connectivity index (χ4v) is 1.23. The lowest BCUT2D eigenvalue weighted by atomic mass is 10.2. The standard InChI is InChI=1S/C8H12Br2/c1-5(2)7(9)8(10)6(3)4/h1-4H3. The molecule has 58 valence electrons. The zero-order valence-electron chi connectivity index (χ0n) is 6.76. The lowest BCUT2D eigenvalue weighted by molar-refractivity contribution is 1.33. The van der Waals surface area contributed by atoms with E-state index in [0.717, 1.165) is 8.96 Å². The summed E-state index contributed by atoms with van der Waals surface area (Å²) in [5, 5.41) is 0. The van der Waals surface area contributed by atoms with Crippen LogP contribution in [0.15, 0.2) is 20.1 Å². The minimum atomic E-state index is 1.16. The second-order valence-electron chi connectivity index (χ2n) is 2.63. The van der Waals surface area contributed by atoms with E-state index in [2.05, 4.69) is 59.6 Å². The van der Waals surface area contributed by atoms with Crippen LogP contribution in [0.2, 0.25) is 0 Å². The molecule has 0 nitrogen and oxygen atoms in total. The summed E-state index contributed by atoms with van der Waals surface area (Å²) < 4.78 is 2.32. The van der Waals surface area contributed by atoms with Crippen LogP contribution >= 0.6 is 31.9 Å². The Labute approximate surface area is 79.6 Å². The molecule has 10 heavy (non-hydrogen) atoms. The molecule has 0 aliphatic rings. The van der Waals surface area contributed by atoms with Crippen LogP contribution in [0.5, 0.6) is 0 Å². The molecule has 0 amide bonds. The van der Waals surface area contributed by atoms with Gasteiger partial charge in [0, 0.05) is 8.96 Å². The highest BCUT2D eigenvalue weighted by Crippen LogP contribution is 2.28. The summed E-state index contributed by atoms with van der Waals surface area (Å²) in [5.74, 6) is 0. The third-order valence-corrected chi connectivity index (χ3v) is 3.98. The maximum atomic E-state index is 3.48. The topological polar surface area (TPSA) is 0 Å². The Bertz CT molecular complexity index is 157. The Hall–Kier alpha value is 0.440. The van der Waals surface area contributed by atoms with Crippen LogP contribution in [0.25, 0.3) is 0 Å². The summed E-state index contributed by atoms with van der Waals surface area (Å²) in [7, 11) is 0. The van der Waals surface area contributed by atoms with E-state index in [1.165, 1.54) is 11.1 Å². The van der Waals surface area contributed by atoms with Crippen molar-refractivity contribution in [3.05, 3.63) is 20.1 Å². The van der Waals surface area contributed by atoms with Gasteiger partial charge >= 0.3 is 0 Å². The molecular formula is C8H12Br2. The molecule has 0 spiro atoms. The molecule has 0 saturated heterocycles. The molecule has 0 aromatic heterocycles. The van der Waals surface area contributed by atoms with E-state index in [1.54, 1.807) is 0 Å². The van der Waals surface area contributed by atoms with Gasteiger partial charge in [0.25, 0.3) is 0 Å². The molecule has 0 unspecified atom stereocenters. The lowest BCUT2D eigenvalue weighted by Crippen LogP contribution is -1.78. The summed E-state index contributed by atoms with van der Waals surface area (Å²) in [6, 6.07) is 0. The van der Waals surface area contributed by atoms with Gasteiger partial charge in [0.2, 0.25) is 0 Å². The van der Waals surface area contributed by atoms with Gasteiger partial charge in [0.15, 0.2) is 0 Å². The van der Waals surface area contributed by atoms with Crippen molar-refractivity contribution in [3.8, 4) is 0 Å². The second-order valence-corrected chi connectivity index (χ2v) is 4.21. The molecule has 0 rings (SSSR count). The molecule has 0 radical (unpaired) electrons. The normalized spacial score (nSPS) is 9.00. The predicted molar refractivity (Wildman–Crippen MR) is 54.6 cm³/mol. The number of rotatable bonds is 1. The molecule has 0 aromatic carbocycles.